The molecule has 0 heterocycles. The van der Waals surface area contributed by atoms with Crippen molar-refractivity contribution >= 4 is 33.1 Å². The minimum atomic E-state index is -1.37. The number of rotatable bonds is 2. The number of benzene rings is 1. The van der Waals surface area contributed by atoms with E-state index in [-0.39, 0.29) is 5.82 Å². The molecule has 0 unspecified atom stereocenters. The zero-order chi connectivity index (χ0) is 12.3. The van der Waals surface area contributed by atoms with Crippen LogP contribution in [0.25, 0.3) is 0 Å². The van der Waals surface area contributed by atoms with Crippen molar-refractivity contribution in [2.45, 2.75) is 25.5 Å². The summed E-state index contributed by atoms with van der Waals surface area (Å²) in [4.78, 5) is 0. The SMILES string of the molecule is CC(C)(C)[S@](=O)/N=C/c1cc(Br)ccc1F. The molecule has 0 N–H and O–H groups in total. The van der Waals surface area contributed by atoms with Crippen LogP contribution in [0.3, 0.4) is 0 Å². The van der Waals surface area contributed by atoms with Crippen molar-refractivity contribution in [3.8, 4) is 0 Å². The van der Waals surface area contributed by atoms with Gasteiger partial charge >= 0.3 is 0 Å². The summed E-state index contributed by atoms with van der Waals surface area (Å²) >= 11 is 3.24. The number of hydrogen-bond acceptors (Lipinski definition) is 1. The van der Waals surface area contributed by atoms with Crippen molar-refractivity contribution in [2.24, 2.45) is 4.40 Å². The Labute approximate surface area is 106 Å². The van der Waals surface area contributed by atoms with E-state index in [9.17, 15) is 8.60 Å². The maximum Gasteiger partial charge on any atom is 0.144 e. The van der Waals surface area contributed by atoms with Crippen molar-refractivity contribution in [1.29, 1.82) is 0 Å². The third-order valence-electron chi connectivity index (χ3n) is 1.77. The van der Waals surface area contributed by atoms with E-state index >= 15 is 0 Å². The number of halogens is 2. The average Bonchev–Trinajstić information content (AvgIpc) is 2.17. The van der Waals surface area contributed by atoms with E-state index < -0.39 is 15.7 Å². The molecule has 88 valence electrons. The smallest absolute Gasteiger partial charge is 0.144 e. The van der Waals surface area contributed by atoms with Crippen LogP contribution in [0.4, 0.5) is 4.39 Å². The predicted octanol–water partition coefficient (Wildman–Crippen LogP) is 3.47. The summed E-state index contributed by atoms with van der Waals surface area (Å²) in [6.07, 6.45) is 1.31. The highest BCUT2D eigenvalue weighted by Crippen LogP contribution is 2.16. The molecule has 0 saturated heterocycles. The van der Waals surface area contributed by atoms with Crippen molar-refractivity contribution < 1.29 is 8.60 Å². The van der Waals surface area contributed by atoms with Gasteiger partial charge in [-0.2, -0.15) is 4.40 Å². The minimum Gasteiger partial charge on any atom is -0.234 e. The Morgan fingerprint density at radius 1 is 1.44 bits per heavy atom. The number of hydrogen-bond donors (Lipinski definition) is 0. The molecule has 1 aromatic rings. The molecule has 2 nitrogen and oxygen atoms in total. The highest BCUT2D eigenvalue weighted by molar-refractivity contribution is 9.10. The monoisotopic (exact) mass is 305 g/mol. The predicted molar refractivity (Wildman–Crippen MR) is 69.6 cm³/mol. The minimum absolute atomic E-state index is 0.326. The molecule has 0 aliphatic rings. The molecule has 0 aromatic heterocycles. The first-order valence-electron chi connectivity index (χ1n) is 4.72. The second kappa shape index (κ2) is 5.19. The van der Waals surface area contributed by atoms with Gasteiger partial charge in [0.2, 0.25) is 0 Å². The third-order valence-corrected chi connectivity index (χ3v) is 3.61. The standard InChI is InChI=1S/C11H13BrFNOS/c1-11(2,3)16(15)14-7-8-6-9(12)4-5-10(8)13/h4-7H,1-3H3/b14-7+/t16-/m0/s1. The quantitative estimate of drug-likeness (QED) is 0.769. The van der Waals surface area contributed by atoms with Gasteiger partial charge in [0, 0.05) is 16.3 Å². The first-order valence-corrected chi connectivity index (χ1v) is 6.62. The van der Waals surface area contributed by atoms with Crippen molar-refractivity contribution in [3.63, 3.8) is 0 Å². The average molecular weight is 306 g/mol. The van der Waals surface area contributed by atoms with Gasteiger partial charge in [-0.05, 0) is 39.0 Å². The molecule has 0 bridgehead atoms. The van der Waals surface area contributed by atoms with E-state index in [0.717, 1.165) is 4.47 Å². The van der Waals surface area contributed by atoms with E-state index in [4.69, 9.17) is 0 Å². The first kappa shape index (κ1) is 13.5. The van der Waals surface area contributed by atoms with E-state index in [0.29, 0.717) is 5.56 Å². The van der Waals surface area contributed by atoms with Gasteiger partial charge in [0.25, 0.3) is 0 Å². The summed E-state index contributed by atoms with van der Waals surface area (Å²) in [6, 6.07) is 4.54. The van der Waals surface area contributed by atoms with E-state index in [1.807, 2.05) is 20.8 Å². The lowest BCUT2D eigenvalue weighted by Crippen LogP contribution is -2.19. The summed E-state index contributed by atoms with van der Waals surface area (Å²) < 4.78 is 29.1. The fourth-order valence-corrected chi connectivity index (χ4v) is 1.78. The van der Waals surface area contributed by atoms with Crippen LogP contribution in [0.2, 0.25) is 0 Å². The van der Waals surface area contributed by atoms with Gasteiger partial charge in [0.15, 0.2) is 0 Å². The molecule has 0 aliphatic carbocycles. The largest absolute Gasteiger partial charge is 0.234 e. The van der Waals surface area contributed by atoms with Gasteiger partial charge in [-0.3, -0.25) is 0 Å². The maximum atomic E-state index is 13.3. The molecule has 5 heteroatoms. The molecule has 1 rings (SSSR count). The fraction of sp³-hybridized carbons (Fsp3) is 0.364. The zero-order valence-corrected chi connectivity index (χ0v) is 11.7. The van der Waals surface area contributed by atoms with Crippen molar-refractivity contribution in [3.05, 3.63) is 34.1 Å². The summed E-state index contributed by atoms with van der Waals surface area (Å²) in [6.45, 7) is 5.45. The van der Waals surface area contributed by atoms with Gasteiger partial charge in [-0.1, -0.05) is 15.9 Å². The highest BCUT2D eigenvalue weighted by atomic mass is 79.9. The molecule has 16 heavy (non-hydrogen) atoms. The summed E-state index contributed by atoms with van der Waals surface area (Å²) in [5.74, 6) is -0.377. The summed E-state index contributed by atoms with van der Waals surface area (Å²) in [5, 5.41) is 0. The molecule has 0 aliphatic heterocycles. The molecule has 0 fully saturated rings. The zero-order valence-electron chi connectivity index (χ0n) is 9.33. The van der Waals surface area contributed by atoms with E-state index in [2.05, 4.69) is 20.3 Å². The van der Waals surface area contributed by atoms with Gasteiger partial charge in [0.1, 0.15) is 16.8 Å². The lowest BCUT2D eigenvalue weighted by Gasteiger charge is -2.12. The Morgan fingerprint density at radius 2 is 2.06 bits per heavy atom. The second-order valence-electron chi connectivity index (χ2n) is 4.26. The summed E-state index contributed by atoms with van der Waals surface area (Å²) in [7, 11) is -1.37. The van der Waals surface area contributed by atoms with Crippen LogP contribution in [0.5, 0.6) is 0 Å². The summed E-state index contributed by atoms with van der Waals surface area (Å²) in [5.41, 5.74) is 0.326. The Bertz CT molecular complexity index is 440. The van der Waals surface area contributed by atoms with Crippen molar-refractivity contribution in [1.82, 2.24) is 0 Å². The Hall–Kier alpha value is -0.550. The normalized spacial score (nSPS) is 14.3. The molecular formula is C11H13BrFNOS. The van der Waals surface area contributed by atoms with E-state index in [1.165, 1.54) is 12.3 Å². The fourth-order valence-electron chi connectivity index (χ4n) is 0.876. The molecular weight excluding hydrogens is 293 g/mol. The lowest BCUT2D eigenvalue weighted by molar-refractivity contribution is 0.625. The second-order valence-corrected chi connectivity index (χ2v) is 7.11. The Morgan fingerprint density at radius 3 is 2.62 bits per heavy atom. The lowest BCUT2D eigenvalue weighted by atomic mass is 10.2. The molecule has 0 radical (unpaired) electrons. The Kier molecular flexibility index (Phi) is 4.38. The molecule has 0 amide bonds. The van der Waals surface area contributed by atoms with Crippen LogP contribution in [0.1, 0.15) is 26.3 Å². The topological polar surface area (TPSA) is 29.4 Å². The Balaban J connectivity index is 2.93. The molecule has 0 spiro atoms. The van der Waals surface area contributed by atoms with E-state index in [1.54, 1.807) is 12.1 Å². The molecule has 1 atom stereocenters. The highest BCUT2D eigenvalue weighted by Gasteiger charge is 2.18. The van der Waals surface area contributed by atoms with Crippen LogP contribution in [-0.2, 0) is 11.0 Å². The number of nitrogens with zero attached hydrogens (tertiary/aromatic N) is 1. The van der Waals surface area contributed by atoms with Crippen LogP contribution in [0.15, 0.2) is 27.1 Å². The van der Waals surface area contributed by atoms with Gasteiger partial charge in [0.05, 0.1) is 4.75 Å². The third kappa shape index (κ3) is 3.79. The van der Waals surface area contributed by atoms with Crippen LogP contribution >= 0.6 is 15.9 Å². The van der Waals surface area contributed by atoms with Crippen molar-refractivity contribution in [2.75, 3.05) is 0 Å². The van der Waals surface area contributed by atoms with Gasteiger partial charge in [-0.25, -0.2) is 8.60 Å². The molecule has 1 aromatic carbocycles. The molecule has 0 saturated carbocycles. The van der Waals surface area contributed by atoms with Gasteiger partial charge < -0.3 is 0 Å². The van der Waals surface area contributed by atoms with Gasteiger partial charge in [-0.15, -0.1) is 0 Å². The van der Waals surface area contributed by atoms with Crippen LogP contribution < -0.4 is 0 Å². The van der Waals surface area contributed by atoms with Crippen LogP contribution in [-0.4, -0.2) is 15.2 Å². The van der Waals surface area contributed by atoms with Crippen LogP contribution in [0, 0.1) is 5.82 Å². The maximum absolute atomic E-state index is 13.3. The first-order chi connectivity index (χ1) is 7.30.